The van der Waals surface area contributed by atoms with Gasteiger partial charge in [-0.2, -0.15) is 0 Å². The van der Waals surface area contributed by atoms with Gasteiger partial charge in [-0.05, 0) is 44.5 Å². The average Bonchev–Trinajstić information content (AvgIpc) is 2.38. The molecule has 0 spiro atoms. The Hall–Kier alpha value is -1.97. The van der Waals surface area contributed by atoms with Gasteiger partial charge < -0.3 is 5.32 Å². The molecule has 2 aromatic rings. The van der Waals surface area contributed by atoms with Crippen LogP contribution in [0.15, 0.2) is 24.3 Å². The Morgan fingerprint density at radius 3 is 2.84 bits per heavy atom. The van der Waals surface area contributed by atoms with Crippen LogP contribution in [-0.4, -0.2) is 16.9 Å². The molecule has 1 aromatic heterocycles. The summed E-state index contributed by atoms with van der Waals surface area (Å²) in [7, 11) is 0. The Kier molecular flexibility index (Phi) is 3.79. The zero-order valence-corrected chi connectivity index (χ0v) is 11.3. The number of hydrogen-bond acceptors (Lipinski definition) is 2. The van der Waals surface area contributed by atoms with Crippen molar-refractivity contribution in [1.82, 2.24) is 10.3 Å². The standard InChI is InChI=1S/C15H17FN2O/c1-4-9(2)18-15(19)13-7-10(3)17-14-6-5-11(16)8-12(13)14/h5-9H,4H2,1-3H3,(H,18,19). The number of aryl methyl sites for hydroxylation is 1. The first-order chi connectivity index (χ1) is 9.01. The molecule has 100 valence electrons. The fraction of sp³-hybridized carbons (Fsp3) is 0.333. The van der Waals surface area contributed by atoms with E-state index in [0.29, 0.717) is 16.5 Å². The second-order valence-corrected chi connectivity index (χ2v) is 4.76. The third-order valence-corrected chi connectivity index (χ3v) is 3.13. The molecule has 1 N–H and O–H groups in total. The first kappa shape index (κ1) is 13.5. The van der Waals surface area contributed by atoms with E-state index < -0.39 is 0 Å². The number of aromatic nitrogens is 1. The number of benzene rings is 1. The van der Waals surface area contributed by atoms with E-state index in [1.807, 2.05) is 20.8 Å². The van der Waals surface area contributed by atoms with Crippen molar-refractivity contribution in [2.45, 2.75) is 33.2 Å². The minimum absolute atomic E-state index is 0.0876. The van der Waals surface area contributed by atoms with E-state index >= 15 is 0 Å². The maximum Gasteiger partial charge on any atom is 0.252 e. The third kappa shape index (κ3) is 2.89. The zero-order valence-electron chi connectivity index (χ0n) is 11.3. The summed E-state index contributed by atoms with van der Waals surface area (Å²) in [5.41, 5.74) is 1.85. The fourth-order valence-corrected chi connectivity index (χ4v) is 1.92. The van der Waals surface area contributed by atoms with Crippen molar-refractivity contribution in [3.05, 3.63) is 41.3 Å². The summed E-state index contributed by atoms with van der Waals surface area (Å²) < 4.78 is 13.3. The molecule has 0 aliphatic heterocycles. The largest absolute Gasteiger partial charge is 0.350 e. The van der Waals surface area contributed by atoms with Crippen molar-refractivity contribution >= 4 is 16.8 Å². The summed E-state index contributed by atoms with van der Waals surface area (Å²) >= 11 is 0. The monoisotopic (exact) mass is 260 g/mol. The number of pyridine rings is 1. The van der Waals surface area contributed by atoms with Gasteiger partial charge in [-0.1, -0.05) is 6.92 Å². The van der Waals surface area contributed by atoms with Crippen LogP contribution >= 0.6 is 0 Å². The third-order valence-electron chi connectivity index (χ3n) is 3.13. The summed E-state index contributed by atoms with van der Waals surface area (Å²) in [6, 6.07) is 6.08. The summed E-state index contributed by atoms with van der Waals surface area (Å²) in [6.45, 7) is 5.76. The molecule has 1 amide bonds. The highest BCUT2D eigenvalue weighted by Gasteiger charge is 2.14. The average molecular weight is 260 g/mol. The molecule has 4 heteroatoms. The predicted molar refractivity (Wildman–Crippen MR) is 73.7 cm³/mol. The molecule has 0 fully saturated rings. The van der Waals surface area contributed by atoms with E-state index in [2.05, 4.69) is 10.3 Å². The van der Waals surface area contributed by atoms with Crippen molar-refractivity contribution < 1.29 is 9.18 Å². The molecular weight excluding hydrogens is 243 g/mol. The first-order valence-electron chi connectivity index (χ1n) is 6.39. The van der Waals surface area contributed by atoms with Gasteiger partial charge in [-0.25, -0.2) is 4.39 Å². The number of carbonyl (C=O) groups is 1. The Labute approximate surface area is 111 Å². The number of amides is 1. The molecule has 1 aromatic carbocycles. The zero-order chi connectivity index (χ0) is 14.0. The van der Waals surface area contributed by atoms with Gasteiger partial charge in [-0.15, -0.1) is 0 Å². The van der Waals surface area contributed by atoms with Crippen LogP contribution in [0.5, 0.6) is 0 Å². The van der Waals surface area contributed by atoms with Crippen LogP contribution in [0.2, 0.25) is 0 Å². The summed E-state index contributed by atoms with van der Waals surface area (Å²) in [5.74, 6) is -0.550. The Bertz CT molecular complexity index is 625. The minimum atomic E-state index is -0.365. The molecule has 0 bridgehead atoms. The fourth-order valence-electron chi connectivity index (χ4n) is 1.92. The van der Waals surface area contributed by atoms with Crippen molar-refractivity contribution in [1.29, 1.82) is 0 Å². The van der Waals surface area contributed by atoms with Gasteiger partial charge in [0.25, 0.3) is 5.91 Å². The molecular formula is C15H17FN2O. The molecule has 1 unspecified atom stereocenters. The Balaban J connectivity index is 2.52. The molecule has 0 saturated heterocycles. The van der Waals surface area contributed by atoms with Crippen LogP contribution < -0.4 is 5.32 Å². The van der Waals surface area contributed by atoms with E-state index in [-0.39, 0.29) is 17.8 Å². The molecule has 3 nitrogen and oxygen atoms in total. The number of nitrogens with one attached hydrogen (secondary N) is 1. The number of fused-ring (bicyclic) bond motifs is 1. The molecule has 0 saturated carbocycles. The van der Waals surface area contributed by atoms with Crippen molar-refractivity contribution in [2.75, 3.05) is 0 Å². The van der Waals surface area contributed by atoms with Gasteiger partial charge in [0.1, 0.15) is 5.82 Å². The lowest BCUT2D eigenvalue weighted by atomic mass is 10.1. The SMILES string of the molecule is CCC(C)NC(=O)c1cc(C)nc2ccc(F)cc12. The molecule has 1 heterocycles. The van der Waals surface area contributed by atoms with Crippen LogP contribution in [0, 0.1) is 12.7 Å². The van der Waals surface area contributed by atoms with E-state index in [1.54, 1.807) is 12.1 Å². The van der Waals surface area contributed by atoms with Gasteiger partial charge in [0.2, 0.25) is 0 Å². The minimum Gasteiger partial charge on any atom is -0.350 e. The smallest absolute Gasteiger partial charge is 0.252 e. The summed E-state index contributed by atoms with van der Waals surface area (Å²) in [6.07, 6.45) is 0.849. The number of halogens is 1. The molecule has 0 radical (unpaired) electrons. The van der Waals surface area contributed by atoms with Crippen LogP contribution in [0.3, 0.4) is 0 Å². The quantitative estimate of drug-likeness (QED) is 0.920. The van der Waals surface area contributed by atoms with Crippen molar-refractivity contribution in [3.8, 4) is 0 Å². The Morgan fingerprint density at radius 1 is 1.42 bits per heavy atom. The molecule has 2 rings (SSSR count). The lowest BCUT2D eigenvalue weighted by molar-refractivity contribution is 0.0941. The lowest BCUT2D eigenvalue weighted by Crippen LogP contribution is -2.32. The Morgan fingerprint density at radius 2 is 2.16 bits per heavy atom. The van der Waals surface area contributed by atoms with Gasteiger partial charge in [-0.3, -0.25) is 9.78 Å². The van der Waals surface area contributed by atoms with E-state index in [1.165, 1.54) is 12.1 Å². The highest BCUT2D eigenvalue weighted by molar-refractivity contribution is 6.06. The number of carbonyl (C=O) groups excluding carboxylic acids is 1. The van der Waals surface area contributed by atoms with E-state index in [0.717, 1.165) is 12.1 Å². The number of nitrogens with zero attached hydrogens (tertiary/aromatic N) is 1. The van der Waals surface area contributed by atoms with Gasteiger partial charge in [0, 0.05) is 17.1 Å². The van der Waals surface area contributed by atoms with Crippen molar-refractivity contribution in [3.63, 3.8) is 0 Å². The van der Waals surface area contributed by atoms with E-state index in [4.69, 9.17) is 0 Å². The second kappa shape index (κ2) is 5.34. The van der Waals surface area contributed by atoms with Gasteiger partial charge >= 0.3 is 0 Å². The van der Waals surface area contributed by atoms with Crippen LogP contribution in [0.25, 0.3) is 10.9 Å². The second-order valence-electron chi connectivity index (χ2n) is 4.76. The van der Waals surface area contributed by atoms with Crippen LogP contribution in [-0.2, 0) is 0 Å². The summed E-state index contributed by atoms with van der Waals surface area (Å²) in [4.78, 5) is 16.5. The van der Waals surface area contributed by atoms with Crippen LogP contribution in [0.4, 0.5) is 4.39 Å². The number of rotatable bonds is 3. The predicted octanol–water partition coefficient (Wildman–Crippen LogP) is 3.21. The lowest BCUT2D eigenvalue weighted by Gasteiger charge is -2.13. The molecule has 0 aliphatic carbocycles. The molecule has 19 heavy (non-hydrogen) atoms. The van der Waals surface area contributed by atoms with E-state index in [9.17, 15) is 9.18 Å². The maximum absolute atomic E-state index is 13.3. The molecule has 1 atom stereocenters. The van der Waals surface area contributed by atoms with Crippen molar-refractivity contribution in [2.24, 2.45) is 0 Å². The normalized spacial score (nSPS) is 12.4. The highest BCUT2D eigenvalue weighted by Crippen LogP contribution is 2.20. The van der Waals surface area contributed by atoms with Crippen LogP contribution in [0.1, 0.15) is 36.3 Å². The maximum atomic E-state index is 13.3. The first-order valence-corrected chi connectivity index (χ1v) is 6.39. The molecule has 0 aliphatic rings. The highest BCUT2D eigenvalue weighted by atomic mass is 19.1. The summed E-state index contributed by atoms with van der Waals surface area (Å²) in [5, 5.41) is 3.44. The van der Waals surface area contributed by atoms with Gasteiger partial charge in [0.15, 0.2) is 0 Å². The van der Waals surface area contributed by atoms with Gasteiger partial charge in [0.05, 0.1) is 11.1 Å². The topological polar surface area (TPSA) is 42.0 Å². The number of hydrogen-bond donors (Lipinski definition) is 1.